The van der Waals surface area contributed by atoms with Crippen LogP contribution in [0.3, 0.4) is 0 Å². The lowest BCUT2D eigenvalue weighted by atomic mass is 10.1. The van der Waals surface area contributed by atoms with Crippen LogP contribution in [-0.4, -0.2) is 26.5 Å². The number of hydrogen-bond acceptors (Lipinski definition) is 4. The van der Waals surface area contributed by atoms with E-state index in [1.807, 2.05) is 6.92 Å². The molecule has 0 radical (unpaired) electrons. The first-order chi connectivity index (χ1) is 10.6. The summed E-state index contributed by atoms with van der Waals surface area (Å²) in [5.74, 6) is 1.59. The van der Waals surface area contributed by atoms with Crippen LogP contribution in [0.4, 0.5) is 5.82 Å². The molecule has 3 rings (SSSR count). The summed E-state index contributed by atoms with van der Waals surface area (Å²) < 4.78 is 0. The van der Waals surface area contributed by atoms with Gasteiger partial charge in [0.05, 0.1) is 5.88 Å². The molecule has 2 N–H and O–H groups in total. The molecule has 8 heteroatoms. The smallest absolute Gasteiger partial charge is 0.183 e. The average molecular weight is 357 g/mol. The van der Waals surface area contributed by atoms with E-state index in [-0.39, 0.29) is 5.88 Å². The number of alkyl halides is 1. The highest BCUT2D eigenvalue weighted by Gasteiger charge is 2.14. The molecule has 2 heterocycles. The van der Waals surface area contributed by atoms with Crippen LogP contribution < -0.4 is 5.32 Å². The number of aromatic nitrogens is 4. The predicted octanol–water partition coefficient (Wildman–Crippen LogP) is 4.50. The Morgan fingerprint density at radius 2 is 1.91 bits per heavy atom. The van der Waals surface area contributed by atoms with E-state index in [2.05, 4.69) is 25.3 Å². The Morgan fingerprint density at radius 1 is 1.18 bits per heavy atom. The maximum atomic E-state index is 6.21. The second kappa shape index (κ2) is 6.28. The van der Waals surface area contributed by atoms with Crippen molar-refractivity contribution in [3.63, 3.8) is 0 Å². The van der Waals surface area contributed by atoms with Gasteiger partial charge in [-0.2, -0.15) is 0 Å². The van der Waals surface area contributed by atoms with E-state index in [0.29, 0.717) is 32.9 Å². The van der Waals surface area contributed by atoms with Crippen LogP contribution in [0.1, 0.15) is 12.5 Å². The summed E-state index contributed by atoms with van der Waals surface area (Å²) in [6.07, 6.45) is 1.47. The molecule has 0 aliphatic rings. The normalized spacial score (nSPS) is 11.1. The Morgan fingerprint density at radius 3 is 2.55 bits per heavy atom. The van der Waals surface area contributed by atoms with Gasteiger partial charge in [-0.05, 0) is 19.1 Å². The second-order valence-electron chi connectivity index (χ2n) is 4.59. The minimum absolute atomic E-state index is 0.258. The van der Waals surface area contributed by atoms with Crippen LogP contribution in [-0.2, 0) is 5.88 Å². The minimum Gasteiger partial charge on any atom is -0.368 e. The van der Waals surface area contributed by atoms with Crippen molar-refractivity contribution < 1.29 is 0 Å². The fourth-order valence-electron chi connectivity index (χ4n) is 2.13. The van der Waals surface area contributed by atoms with E-state index >= 15 is 0 Å². The van der Waals surface area contributed by atoms with Crippen LogP contribution >= 0.6 is 34.8 Å². The third kappa shape index (κ3) is 2.72. The van der Waals surface area contributed by atoms with Crippen LogP contribution in [0.5, 0.6) is 0 Å². The van der Waals surface area contributed by atoms with Crippen molar-refractivity contribution in [3.8, 4) is 11.4 Å². The lowest BCUT2D eigenvalue weighted by molar-refractivity contribution is 1.13. The van der Waals surface area contributed by atoms with Gasteiger partial charge in [-0.1, -0.05) is 23.2 Å². The van der Waals surface area contributed by atoms with Gasteiger partial charge in [-0.25, -0.2) is 15.0 Å². The topological polar surface area (TPSA) is 66.5 Å². The molecule has 0 aliphatic heterocycles. The first-order valence-corrected chi connectivity index (χ1v) is 7.92. The van der Waals surface area contributed by atoms with E-state index < -0.39 is 0 Å². The van der Waals surface area contributed by atoms with Gasteiger partial charge in [-0.15, -0.1) is 11.6 Å². The lowest BCUT2D eigenvalue weighted by Gasteiger charge is -2.06. The van der Waals surface area contributed by atoms with Crippen LogP contribution in [0.15, 0.2) is 18.5 Å². The second-order valence-corrected chi connectivity index (χ2v) is 5.67. The molecule has 3 aromatic rings. The van der Waals surface area contributed by atoms with Crippen LogP contribution in [0, 0.1) is 0 Å². The van der Waals surface area contributed by atoms with Crippen molar-refractivity contribution in [1.82, 2.24) is 19.9 Å². The molecule has 0 saturated carbocycles. The van der Waals surface area contributed by atoms with E-state index in [0.717, 1.165) is 17.6 Å². The number of aromatic amines is 1. The number of hydrogen-bond donors (Lipinski definition) is 2. The van der Waals surface area contributed by atoms with Crippen molar-refractivity contribution in [2.24, 2.45) is 0 Å². The molecule has 0 atom stereocenters. The first kappa shape index (κ1) is 15.3. The van der Waals surface area contributed by atoms with Crippen molar-refractivity contribution in [2.45, 2.75) is 12.8 Å². The number of nitrogens with zero attached hydrogens (tertiary/aromatic N) is 3. The maximum absolute atomic E-state index is 6.21. The highest BCUT2D eigenvalue weighted by Crippen LogP contribution is 2.32. The zero-order valence-corrected chi connectivity index (χ0v) is 13.9. The molecule has 0 bridgehead atoms. The maximum Gasteiger partial charge on any atom is 0.183 e. The molecule has 0 unspecified atom stereocenters. The minimum atomic E-state index is 0.258. The summed E-state index contributed by atoms with van der Waals surface area (Å²) in [6.45, 7) is 2.75. The number of fused-ring (bicyclic) bond motifs is 1. The lowest BCUT2D eigenvalue weighted by Crippen LogP contribution is -2.00. The highest BCUT2D eigenvalue weighted by molar-refractivity contribution is 6.37. The molecule has 0 aliphatic carbocycles. The van der Waals surface area contributed by atoms with Crippen molar-refractivity contribution in [3.05, 3.63) is 34.1 Å². The molecule has 2 aromatic heterocycles. The Balaban J connectivity index is 2.13. The van der Waals surface area contributed by atoms with E-state index in [1.54, 1.807) is 12.1 Å². The van der Waals surface area contributed by atoms with Gasteiger partial charge < -0.3 is 10.3 Å². The van der Waals surface area contributed by atoms with Crippen molar-refractivity contribution in [2.75, 3.05) is 11.9 Å². The molecular weight excluding hydrogens is 345 g/mol. The van der Waals surface area contributed by atoms with Gasteiger partial charge in [0.25, 0.3) is 0 Å². The predicted molar refractivity (Wildman–Crippen MR) is 90.9 cm³/mol. The van der Waals surface area contributed by atoms with Gasteiger partial charge in [0.15, 0.2) is 11.5 Å². The summed E-state index contributed by atoms with van der Waals surface area (Å²) in [4.78, 5) is 16.0. The summed E-state index contributed by atoms with van der Waals surface area (Å²) in [5, 5.41) is 4.18. The molecule has 114 valence electrons. The Hall–Kier alpha value is -1.56. The number of rotatable bonds is 4. The van der Waals surface area contributed by atoms with E-state index in [1.165, 1.54) is 6.33 Å². The fraction of sp³-hybridized carbons (Fsp3) is 0.214. The highest BCUT2D eigenvalue weighted by atomic mass is 35.5. The fourth-order valence-corrected chi connectivity index (χ4v) is 3.18. The number of imidazole rings is 1. The first-order valence-electron chi connectivity index (χ1n) is 6.62. The van der Waals surface area contributed by atoms with Gasteiger partial charge >= 0.3 is 0 Å². The zero-order valence-electron chi connectivity index (χ0n) is 11.6. The Labute approximate surface area is 142 Å². The number of nitrogens with one attached hydrogen (secondary N) is 2. The summed E-state index contributed by atoms with van der Waals surface area (Å²) in [6, 6.07) is 3.56. The van der Waals surface area contributed by atoms with Gasteiger partial charge in [-0.3, -0.25) is 0 Å². The molecule has 0 spiro atoms. The number of halogens is 3. The van der Waals surface area contributed by atoms with Gasteiger partial charge in [0.2, 0.25) is 0 Å². The Kier molecular flexibility index (Phi) is 4.38. The summed E-state index contributed by atoms with van der Waals surface area (Å²) in [7, 11) is 0. The standard InChI is InChI=1S/C14H12Cl3N5/c1-2-18-13-11-14(20-6-19-13)22-12(21-11)7-3-9(16)8(5-15)10(17)4-7/h3-4,6H,2,5H2,1H3,(H2,18,19,20,21,22). The van der Waals surface area contributed by atoms with Crippen molar-refractivity contribution in [1.29, 1.82) is 0 Å². The molecule has 5 nitrogen and oxygen atoms in total. The van der Waals surface area contributed by atoms with Crippen LogP contribution in [0.25, 0.3) is 22.6 Å². The third-order valence-electron chi connectivity index (χ3n) is 3.18. The molecule has 0 saturated heterocycles. The third-order valence-corrected chi connectivity index (χ3v) is 4.12. The van der Waals surface area contributed by atoms with E-state index in [9.17, 15) is 0 Å². The molecular formula is C14H12Cl3N5. The molecule has 0 amide bonds. The molecule has 0 fully saturated rings. The molecule has 1 aromatic carbocycles. The average Bonchev–Trinajstić information content (AvgIpc) is 2.92. The van der Waals surface area contributed by atoms with Crippen molar-refractivity contribution >= 4 is 51.8 Å². The van der Waals surface area contributed by atoms with Crippen LogP contribution in [0.2, 0.25) is 10.0 Å². The SMILES string of the molecule is CCNc1ncnc2nc(-c3cc(Cl)c(CCl)c(Cl)c3)[nH]c12. The molecule has 22 heavy (non-hydrogen) atoms. The van der Waals surface area contributed by atoms with Gasteiger partial charge in [0.1, 0.15) is 17.7 Å². The zero-order chi connectivity index (χ0) is 15.7. The largest absolute Gasteiger partial charge is 0.368 e. The quantitative estimate of drug-likeness (QED) is 0.676. The number of benzene rings is 1. The summed E-state index contributed by atoms with van der Waals surface area (Å²) >= 11 is 18.3. The summed E-state index contributed by atoms with van der Waals surface area (Å²) in [5.41, 5.74) is 2.80. The number of anilines is 1. The Bertz CT molecular complexity index is 807. The van der Waals surface area contributed by atoms with E-state index in [4.69, 9.17) is 34.8 Å². The monoisotopic (exact) mass is 355 g/mol. The van der Waals surface area contributed by atoms with Gasteiger partial charge in [0, 0.05) is 27.7 Å². The number of H-pyrrole nitrogens is 1.